The third-order valence-corrected chi connectivity index (χ3v) is 2.30. The molecule has 4 N–H and O–H groups in total. The molecule has 1 fully saturated rings. The van der Waals surface area contributed by atoms with Gasteiger partial charge in [0.2, 0.25) is 0 Å². The lowest BCUT2D eigenvalue weighted by Crippen LogP contribution is -2.56. The lowest BCUT2D eigenvalue weighted by Gasteiger charge is -2.37. The van der Waals surface area contributed by atoms with E-state index in [2.05, 4.69) is 0 Å². The smallest absolute Gasteiger partial charge is 0.174 e. The molecule has 0 amide bonds. The van der Waals surface area contributed by atoms with E-state index in [0.29, 0.717) is 0 Å². The van der Waals surface area contributed by atoms with Crippen molar-refractivity contribution in [2.24, 2.45) is 0 Å². The predicted molar refractivity (Wildman–Crippen MR) is 39.6 cm³/mol. The van der Waals surface area contributed by atoms with E-state index in [-0.39, 0.29) is 0 Å². The molecule has 0 saturated carbocycles. The molecular formula is C6H11ClO5. The Morgan fingerprint density at radius 3 is 2.25 bits per heavy atom. The monoisotopic (exact) mass is 198 g/mol. The Balaban J connectivity index is 2.63. The summed E-state index contributed by atoms with van der Waals surface area (Å²) in [6.45, 7) is -0.473. The number of rotatable bonds is 1. The summed E-state index contributed by atoms with van der Waals surface area (Å²) < 4.78 is 4.69. The van der Waals surface area contributed by atoms with Gasteiger partial charge in [-0.1, -0.05) is 0 Å². The predicted octanol–water partition coefficient (Wildman–Crippen LogP) is -1.97. The summed E-state index contributed by atoms with van der Waals surface area (Å²) in [7, 11) is 0. The summed E-state index contributed by atoms with van der Waals surface area (Å²) in [5, 5.41) is 35.0. The zero-order valence-electron chi connectivity index (χ0n) is 6.17. The Morgan fingerprint density at radius 1 is 1.17 bits per heavy atom. The van der Waals surface area contributed by atoms with E-state index in [4.69, 9.17) is 26.6 Å². The van der Waals surface area contributed by atoms with Crippen LogP contribution in [0.3, 0.4) is 0 Å². The average Bonchev–Trinajstić information content (AvgIpc) is 2.08. The Morgan fingerprint density at radius 2 is 1.75 bits per heavy atom. The van der Waals surface area contributed by atoms with Crippen LogP contribution in [0, 0.1) is 0 Å². The largest absolute Gasteiger partial charge is 0.394 e. The van der Waals surface area contributed by atoms with Crippen LogP contribution in [0.1, 0.15) is 0 Å². The lowest BCUT2D eigenvalue weighted by atomic mass is 10.0. The van der Waals surface area contributed by atoms with Gasteiger partial charge < -0.3 is 25.2 Å². The molecule has 5 atom stereocenters. The molecule has 12 heavy (non-hydrogen) atoms. The summed E-state index contributed by atoms with van der Waals surface area (Å²) in [4.78, 5) is 0. The van der Waals surface area contributed by atoms with Crippen LogP contribution in [0.25, 0.3) is 0 Å². The van der Waals surface area contributed by atoms with Crippen molar-refractivity contribution in [1.29, 1.82) is 0 Å². The third kappa shape index (κ3) is 1.71. The number of halogens is 1. The zero-order chi connectivity index (χ0) is 9.30. The Hall–Kier alpha value is 0.0900. The van der Waals surface area contributed by atoms with E-state index in [1.165, 1.54) is 0 Å². The van der Waals surface area contributed by atoms with Crippen molar-refractivity contribution in [2.75, 3.05) is 6.61 Å². The fraction of sp³-hybridized carbons (Fsp3) is 1.00. The standard InChI is InChI=1S/C6H11ClO5/c7-3-5(10)4(9)2(1-8)12-6(3)11/h2-6,8-11H,1H2/t2?,3?,4-,5?,6+/m0/s1. The molecule has 5 nitrogen and oxygen atoms in total. The highest BCUT2D eigenvalue weighted by atomic mass is 35.5. The SMILES string of the molecule is OCC1O[C@@H](O)C(Cl)C(O)[C@H]1O. The highest BCUT2D eigenvalue weighted by Gasteiger charge is 2.42. The van der Waals surface area contributed by atoms with Crippen molar-refractivity contribution in [2.45, 2.75) is 30.0 Å². The number of aliphatic hydroxyl groups is 4. The second-order valence-electron chi connectivity index (χ2n) is 2.67. The summed E-state index contributed by atoms with van der Waals surface area (Å²) in [5.41, 5.74) is 0. The van der Waals surface area contributed by atoms with Crippen LogP contribution in [-0.4, -0.2) is 57.0 Å². The zero-order valence-corrected chi connectivity index (χ0v) is 6.92. The summed E-state index contributed by atoms with van der Waals surface area (Å²) in [5.74, 6) is 0. The molecule has 1 rings (SSSR count). The molecule has 1 heterocycles. The van der Waals surface area contributed by atoms with Crippen molar-refractivity contribution in [1.82, 2.24) is 0 Å². The minimum absolute atomic E-state index is 0.473. The molecule has 6 heteroatoms. The first-order valence-electron chi connectivity index (χ1n) is 3.52. The van der Waals surface area contributed by atoms with Gasteiger partial charge in [0.05, 0.1) is 6.61 Å². The van der Waals surface area contributed by atoms with Crippen LogP contribution in [0.15, 0.2) is 0 Å². The molecular weight excluding hydrogens is 188 g/mol. The maximum atomic E-state index is 9.20. The molecule has 72 valence electrons. The molecule has 0 aromatic rings. The van der Waals surface area contributed by atoms with Crippen LogP contribution in [-0.2, 0) is 4.74 Å². The molecule has 0 radical (unpaired) electrons. The molecule has 1 aliphatic rings. The minimum Gasteiger partial charge on any atom is -0.394 e. The van der Waals surface area contributed by atoms with E-state index in [0.717, 1.165) is 0 Å². The van der Waals surface area contributed by atoms with E-state index < -0.39 is 36.6 Å². The van der Waals surface area contributed by atoms with Gasteiger partial charge in [0.25, 0.3) is 0 Å². The Bertz CT molecular complexity index is 150. The molecule has 0 aliphatic carbocycles. The van der Waals surface area contributed by atoms with Crippen molar-refractivity contribution < 1.29 is 25.2 Å². The minimum atomic E-state index is -1.36. The molecule has 1 saturated heterocycles. The topological polar surface area (TPSA) is 90.2 Å². The second-order valence-corrected chi connectivity index (χ2v) is 3.18. The number of hydrogen-bond donors (Lipinski definition) is 4. The van der Waals surface area contributed by atoms with Crippen LogP contribution in [0.2, 0.25) is 0 Å². The summed E-state index contributed by atoms with van der Waals surface area (Å²) in [6.07, 6.45) is -4.89. The highest BCUT2D eigenvalue weighted by molar-refractivity contribution is 6.21. The molecule has 0 bridgehead atoms. The first kappa shape index (κ1) is 10.2. The van der Waals surface area contributed by atoms with Gasteiger partial charge in [0, 0.05) is 0 Å². The molecule has 0 spiro atoms. The summed E-state index contributed by atoms with van der Waals surface area (Å²) in [6, 6.07) is 0. The first-order valence-corrected chi connectivity index (χ1v) is 3.96. The molecule has 3 unspecified atom stereocenters. The van der Waals surface area contributed by atoms with E-state index >= 15 is 0 Å². The van der Waals surface area contributed by atoms with Crippen molar-refractivity contribution >= 4 is 11.6 Å². The van der Waals surface area contributed by atoms with Gasteiger partial charge in [-0.05, 0) is 0 Å². The van der Waals surface area contributed by atoms with E-state index in [9.17, 15) is 10.2 Å². The molecule has 0 aromatic carbocycles. The van der Waals surface area contributed by atoms with Crippen LogP contribution in [0.4, 0.5) is 0 Å². The normalized spacial score (nSPS) is 49.2. The molecule has 0 aromatic heterocycles. The van der Waals surface area contributed by atoms with E-state index in [1.807, 2.05) is 0 Å². The van der Waals surface area contributed by atoms with Gasteiger partial charge in [-0.2, -0.15) is 0 Å². The van der Waals surface area contributed by atoms with Crippen LogP contribution < -0.4 is 0 Å². The fourth-order valence-corrected chi connectivity index (χ4v) is 1.27. The highest BCUT2D eigenvalue weighted by Crippen LogP contribution is 2.23. The quantitative estimate of drug-likeness (QED) is 0.367. The maximum absolute atomic E-state index is 9.20. The van der Waals surface area contributed by atoms with Gasteiger partial charge in [-0.3, -0.25) is 0 Å². The van der Waals surface area contributed by atoms with Gasteiger partial charge in [0.1, 0.15) is 23.7 Å². The molecule has 1 aliphatic heterocycles. The number of ether oxygens (including phenoxy) is 1. The van der Waals surface area contributed by atoms with Crippen LogP contribution in [0.5, 0.6) is 0 Å². The van der Waals surface area contributed by atoms with Crippen LogP contribution >= 0.6 is 11.6 Å². The second kappa shape index (κ2) is 3.87. The maximum Gasteiger partial charge on any atom is 0.174 e. The average molecular weight is 199 g/mol. The van der Waals surface area contributed by atoms with Gasteiger partial charge >= 0.3 is 0 Å². The number of alkyl halides is 1. The number of aliphatic hydroxyl groups excluding tert-OH is 4. The van der Waals surface area contributed by atoms with Gasteiger partial charge in [0.15, 0.2) is 6.29 Å². The van der Waals surface area contributed by atoms with Crippen molar-refractivity contribution in [3.8, 4) is 0 Å². The Kier molecular flexibility index (Phi) is 3.28. The third-order valence-electron chi connectivity index (χ3n) is 1.82. The van der Waals surface area contributed by atoms with Gasteiger partial charge in [-0.25, -0.2) is 0 Å². The van der Waals surface area contributed by atoms with E-state index in [1.54, 1.807) is 0 Å². The fourth-order valence-electron chi connectivity index (χ4n) is 1.06. The van der Waals surface area contributed by atoms with Crippen molar-refractivity contribution in [3.63, 3.8) is 0 Å². The summed E-state index contributed by atoms with van der Waals surface area (Å²) >= 11 is 5.47. The number of hydrogen-bond acceptors (Lipinski definition) is 5. The lowest BCUT2D eigenvalue weighted by molar-refractivity contribution is -0.236. The first-order chi connectivity index (χ1) is 5.57. The van der Waals surface area contributed by atoms with Crippen molar-refractivity contribution in [3.05, 3.63) is 0 Å². The van der Waals surface area contributed by atoms with Gasteiger partial charge in [-0.15, -0.1) is 11.6 Å². The Labute approximate surface area is 74.2 Å².